The summed E-state index contributed by atoms with van der Waals surface area (Å²) < 4.78 is 0.789. The van der Waals surface area contributed by atoms with Crippen molar-refractivity contribution in [2.45, 2.75) is 40.2 Å². The number of carbonyl (C=O) groups is 1. The highest BCUT2D eigenvalue weighted by atomic mass is 79.9. The first-order valence-corrected chi connectivity index (χ1v) is 8.07. The summed E-state index contributed by atoms with van der Waals surface area (Å²) in [5.41, 5.74) is 0. The molecule has 6 nitrogen and oxygen atoms in total. The number of aromatic nitrogens is 2. The van der Waals surface area contributed by atoms with E-state index in [0.717, 1.165) is 29.1 Å². The molecule has 0 radical (unpaired) electrons. The number of rotatable bonds is 8. The Labute approximate surface area is 134 Å². The fourth-order valence-corrected chi connectivity index (χ4v) is 2.42. The van der Waals surface area contributed by atoms with Gasteiger partial charge in [0.2, 0.25) is 5.91 Å². The lowest BCUT2D eigenvalue weighted by atomic mass is 10.3. The SMILES string of the molecule is CCCNc1ncnc(N(CC)CC(=O)NC(C)C)c1Br. The van der Waals surface area contributed by atoms with Gasteiger partial charge in [0.1, 0.15) is 22.4 Å². The molecule has 1 heterocycles. The van der Waals surface area contributed by atoms with Crippen molar-refractivity contribution >= 4 is 33.5 Å². The van der Waals surface area contributed by atoms with E-state index in [4.69, 9.17) is 0 Å². The number of carbonyl (C=O) groups excluding carboxylic acids is 1. The Hall–Kier alpha value is -1.37. The average molecular weight is 358 g/mol. The topological polar surface area (TPSA) is 70.2 Å². The van der Waals surface area contributed by atoms with Crippen molar-refractivity contribution in [3.8, 4) is 0 Å². The molecule has 0 atom stereocenters. The molecule has 0 spiro atoms. The monoisotopic (exact) mass is 357 g/mol. The molecule has 118 valence electrons. The molecule has 0 saturated heterocycles. The summed E-state index contributed by atoms with van der Waals surface area (Å²) in [7, 11) is 0. The first-order valence-electron chi connectivity index (χ1n) is 7.28. The van der Waals surface area contributed by atoms with E-state index in [9.17, 15) is 4.79 Å². The highest BCUT2D eigenvalue weighted by molar-refractivity contribution is 9.10. The third-order valence-electron chi connectivity index (χ3n) is 2.78. The standard InChI is InChI=1S/C14H24BrN5O/c1-5-7-16-13-12(15)14(18-9-17-13)20(6-2)8-11(21)19-10(3)4/h9-10H,5-8H2,1-4H3,(H,19,21)(H,16,17,18). The second-order valence-electron chi connectivity index (χ2n) is 5.02. The number of amides is 1. The Morgan fingerprint density at radius 2 is 2.10 bits per heavy atom. The van der Waals surface area contributed by atoms with E-state index >= 15 is 0 Å². The molecular weight excluding hydrogens is 334 g/mol. The number of halogens is 1. The Morgan fingerprint density at radius 1 is 1.38 bits per heavy atom. The van der Waals surface area contributed by atoms with Crippen LogP contribution in [0.3, 0.4) is 0 Å². The summed E-state index contributed by atoms with van der Waals surface area (Å²) in [6.45, 7) is 9.79. The number of hydrogen-bond acceptors (Lipinski definition) is 5. The van der Waals surface area contributed by atoms with Crippen LogP contribution >= 0.6 is 15.9 Å². The van der Waals surface area contributed by atoms with Crippen LogP contribution in [0.5, 0.6) is 0 Å². The second kappa shape index (κ2) is 8.81. The summed E-state index contributed by atoms with van der Waals surface area (Å²) >= 11 is 3.53. The summed E-state index contributed by atoms with van der Waals surface area (Å²) in [6, 6.07) is 0.131. The van der Waals surface area contributed by atoms with Gasteiger partial charge in [-0.25, -0.2) is 9.97 Å². The molecule has 2 N–H and O–H groups in total. The largest absolute Gasteiger partial charge is 0.369 e. The van der Waals surface area contributed by atoms with Gasteiger partial charge in [0.15, 0.2) is 0 Å². The molecule has 7 heteroatoms. The zero-order valence-corrected chi connectivity index (χ0v) is 14.7. The number of hydrogen-bond donors (Lipinski definition) is 2. The van der Waals surface area contributed by atoms with E-state index in [1.165, 1.54) is 6.33 Å². The van der Waals surface area contributed by atoms with E-state index in [-0.39, 0.29) is 18.5 Å². The minimum Gasteiger partial charge on any atom is -0.369 e. The van der Waals surface area contributed by atoms with Crippen LogP contribution in [0.1, 0.15) is 34.1 Å². The third-order valence-corrected chi connectivity index (χ3v) is 3.51. The van der Waals surface area contributed by atoms with Crippen molar-refractivity contribution in [2.75, 3.05) is 29.9 Å². The molecule has 0 aliphatic carbocycles. The Morgan fingerprint density at radius 3 is 2.67 bits per heavy atom. The van der Waals surface area contributed by atoms with Gasteiger partial charge < -0.3 is 15.5 Å². The maximum absolute atomic E-state index is 11.9. The third kappa shape index (κ3) is 5.49. The molecule has 0 unspecified atom stereocenters. The Balaban J connectivity index is 2.87. The number of likely N-dealkylation sites (N-methyl/N-ethyl adjacent to an activating group) is 1. The number of nitrogens with one attached hydrogen (secondary N) is 2. The quantitative estimate of drug-likeness (QED) is 0.747. The molecule has 1 rings (SSSR count). The summed E-state index contributed by atoms with van der Waals surface area (Å²) in [6.07, 6.45) is 2.53. The lowest BCUT2D eigenvalue weighted by Gasteiger charge is -2.23. The van der Waals surface area contributed by atoms with Gasteiger partial charge in [-0.15, -0.1) is 0 Å². The molecular formula is C14H24BrN5O. The van der Waals surface area contributed by atoms with Crippen LogP contribution in [-0.2, 0) is 4.79 Å². The van der Waals surface area contributed by atoms with Crippen LogP contribution in [0.25, 0.3) is 0 Å². The molecule has 1 amide bonds. The molecule has 1 aromatic rings. The molecule has 0 aromatic carbocycles. The molecule has 21 heavy (non-hydrogen) atoms. The van der Waals surface area contributed by atoms with Crippen LogP contribution in [0.2, 0.25) is 0 Å². The van der Waals surface area contributed by atoms with Crippen molar-refractivity contribution < 1.29 is 4.79 Å². The van der Waals surface area contributed by atoms with Crippen molar-refractivity contribution in [3.63, 3.8) is 0 Å². The Kier molecular flexibility index (Phi) is 7.42. The van der Waals surface area contributed by atoms with E-state index in [0.29, 0.717) is 6.54 Å². The molecule has 0 aliphatic heterocycles. The zero-order valence-electron chi connectivity index (χ0n) is 13.1. The van der Waals surface area contributed by atoms with Gasteiger partial charge in [0.05, 0.1) is 6.54 Å². The van der Waals surface area contributed by atoms with Gasteiger partial charge >= 0.3 is 0 Å². The first kappa shape index (κ1) is 17.7. The van der Waals surface area contributed by atoms with Crippen molar-refractivity contribution in [1.82, 2.24) is 15.3 Å². The molecule has 0 aliphatic rings. The maximum atomic E-state index is 11.9. The van der Waals surface area contributed by atoms with Crippen LogP contribution in [-0.4, -0.2) is 41.6 Å². The number of nitrogens with zero attached hydrogens (tertiary/aromatic N) is 3. The Bertz CT molecular complexity index is 467. The van der Waals surface area contributed by atoms with Crippen LogP contribution < -0.4 is 15.5 Å². The molecule has 0 saturated carbocycles. The van der Waals surface area contributed by atoms with Gasteiger partial charge in [0, 0.05) is 19.1 Å². The van der Waals surface area contributed by atoms with E-state index < -0.39 is 0 Å². The smallest absolute Gasteiger partial charge is 0.239 e. The highest BCUT2D eigenvalue weighted by Crippen LogP contribution is 2.29. The van der Waals surface area contributed by atoms with Crippen molar-refractivity contribution in [2.24, 2.45) is 0 Å². The minimum absolute atomic E-state index is 0.0135. The second-order valence-corrected chi connectivity index (χ2v) is 5.82. The van der Waals surface area contributed by atoms with E-state index in [1.54, 1.807) is 0 Å². The molecule has 1 aromatic heterocycles. The minimum atomic E-state index is -0.0135. The summed E-state index contributed by atoms with van der Waals surface area (Å²) in [4.78, 5) is 22.4. The highest BCUT2D eigenvalue weighted by Gasteiger charge is 2.17. The first-order chi connectivity index (χ1) is 9.99. The average Bonchev–Trinajstić information content (AvgIpc) is 2.43. The van der Waals surface area contributed by atoms with Gasteiger partial charge in [-0.05, 0) is 43.1 Å². The summed E-state index contributed by atoms with van der Waals surface area (Å²) in [5.74, 6) is 1.47. The molecule has 0 bridgehead atoms. The molecule has 0 fully saturated rings. The predicted octanol–water partition coefficient (Wildman–Crippen LogP) is 2.41. The van der Waals surface area contributed by atoms with Gasteiger partial charge in [-0.2, -0.15) is 0 Å². The zero-order chi connectivity index (χ0) is 15.8. The predicted molar refractivity (Wildman–Crippen MR) is 89.7 cm³/mol. The lowest BCUT2D eigenvalue weighted by Crippen LogP contribution is -2.40. The van der Waals surface area contributed by atoms with E-state index in [2.05, 4.69) is 43.5 Å². The van der Waals surface area contributed by atoms with Gasteiger partial charge in [-0.1, -0.05) is 6.92 Å². The fraction of sp³-hybridized carbons (Fsp3) is 0.643. The fourth-order valence-electron chi connectivity index (χ4n) is 1.83. The van der Waals surface area contributed by atoms with Crippen molar-refractivity contribution in [3.05, 3.63) is 10.8 Å². The normalized spacial score (nSPS) is 10.6. The van der Waals surface area contributed by atoms with Crippen LogP contribution in [0, 0.1) is 0 Å². The number of anilines is 2. The van der Waals surface area contributed by atoms with Crippen molar-refractivity contribution in [1.29, 1.82) is 0 Å². The van der Waals surface area contributed by atoms with Gasteiger partial charge in [0.25, 0.3) is 0 Å². The van der Waals surface area contributed by atoms with Crippen LogP contribution in [0.4, 0.5) is 11.6 Å². The van der Waals surface area contributed by atoms with E-state index in [1.807, 2.05) is 25.7 Å². The van der Waals surface area contributed by atoms with Crippen LogP contribution in [0.15, 0.2) is 10.8 Å². The lowest BCUT2D eigenvalue weighted by molar-refractivity contribution is -0.120. The maximum Gasteiger partial charge on any atom is 0.239 e. The van der Waals surface area contributed by atoms with Gasteiger partial charge in [-0.3, -0.25) is 4.79 Å². The summed E-state index contributed by atoms with van der Waals surface area (Å²) in [5, 5.41) is 6.13.